The second-order valence-corrected chi connectivity index (χ2v) is 9.07. The van der Waals surface area contributed by atoms with Crippen LogP contribution in [-0.2, 0) is 19.4 Å². The molecule has 1 aliphatic carbocycles. The third kappa shape index (κ3) is 2.90. The highest BCUT2D eigenvalue weighted by atomic mass is 79.9. The van der Waals surface area contributed by atoms with E-state index < -0.39 is 32.4 Å². The Labute approximate surface area is 154 Å². The predicted octanol–water partition coefficient (Wildman–Crippen LogP) is 3.11. The summed E-state index contributed by atoms with van der Waals surface area (Å²) in [4.78, 5) is 12.2. The molecule has 0 heterocycles. The number of aliphatic carboxylic acids is 1. The highest BCUT2D eigenvalue weighted by Crippen LogP contribution is 2.64. The molecule has 25 heavy (non-hydrogen) atoms. The first-order chi connectivity index (χ1) is 11.9. The number of ether oxygens (including phenoxy) is 1. The lowest BCUT2D eigenvalue weighted by molar-refractivity contribution is -0.145. The molecule has 0 bridgehead atoms. The van der Waals surface area contributed by atoms with E-state index in [1.807, 2.05) is 0 Å². The van der Waals surface area contributed by atoms with Crippen LogP contribution in [0.1, 0.15) is 11.5 Å². The van der Waals surface area contributed by atoms with Gasteiger partial charge in [-0.3, -0.25) is 4.79 Å². The monoisotopic (exact) mass is 424 g/mol. The highest BCUT2D eigenvalue weighted by molar-refractivity contribution is 9.10. The quantitative estimate of drug-likeness (QED) is 0.770. The van der Waals surface area contributed by atoms with Crippen LogP contribution in [0.4, 0.5) is 0 Å². The van der Waals surface area contributed by atoms with Crippen molar-refractivity contribution in [3.05, 3.63) is 64.6 Å². The van der Waals surface area contributed by atoms with E-state index in [1.54, 1.807) is 42.5 Å². The molecule has 132 valence electrons. The molecule has 1 N–H and O–H groups in total. The van der Waals surface area contributed by atoms with Crippen LogP contribution in [-0.4, -0.2) is 38.5 Å². The van der Waals surface area contributed by atoms with E-state index in [-0.39, 0.29) is 11.5 Å². The van der Waals surface area contributed by atoms with E-state index in [1.165, 1.54) is 19.2 Å². The van der Waals surface area contributed by atoms with Gasteiger partial charge in [0, 0.05) is 17.5 Å². The number of carboxylic acid groups (broad SMARTS) is 1. The normalized spacial score (nSPS) is 25.5. The van der Waals surface area contributed by atoms with Gasteiger partial charge >= 0.3 is 5.97 Å². The van der Waals surface area contributed by atoms with Crippen molar-refractivity contribution in [2.45, 2.75) is 16.1 Å². The molecule has 0 amide bonds. The van der Waals surface area contributed by atoms with Crippen molar-refractivity contribution >= 4 is 31.7 Å². The summed E-state index contributed by atoms with van der Waals surface area (Å²) >= 11 is 3.34. The van der Waals surface area contributed by atoms with Gasteiger partial charge in [0.15, 0.2) is 9.84 Å². The summed E-state index contributed by atoms with van der Waals surface area (Å²) in [5.41, 5.74) is -0.816. The molecular weight excluding hydrogens is 408 g/mol. The Morgan fingerprint density at radius 3 is 2.28 bits per heavy atom. The van der Waals surface area contributed by atoms with Crippen LogP contribution in [0, 0.1) is 5.41 Å². The second-order valence-electron chi connectivity index (χ2n) is 6.09. The standard InChI is InChI=1S/C18H17BrO5S/c1-24-11-18(17(20)21)15(12-7-9-13(19)10-8-12)16(18)25(22,23)14-5-3-2-4-6-14/h2-10,15-16H,11H2,1H3,(H,20,21)/t15-,16-,18+/m0/s1. The summed E-state index contributed by atoms with van der Waals surface area (Å²) < 4.78 is 32.2. The van der Waals surface area contributed by atoms with E-state index in [9.17, 15) is 18.3 Å². The Hall–Kier alpha value is -1.70. The van der Waals surface area contributed by atoms with Crippen molar-refractivity contribution in [1.29, 1.82) is 0 Å². The minimum absolute atomic E-state index is 0.126. The molecule has 0 aliphatic heterocycles. The first-order valence-corrected chi connectivity index (χ1v) is 9.96. The van der Waals surface area contributed by atoms with E-state index in [0.29, 0.717) is 5.56 Å². The smallest absolute Gasteiger partial charge is 0.314 e. The van der Waals surface area contributed by atoms with Gasteiger partial charge in [-0.25, -0.2) is 8.42 Å². The SMILES string of the molecule is COC[C@@]1(C(=O)O)[C@@H](c2ccc(Br)cc2)[C@@H]1S(=O)(=O)c1ccccc1. The molecule has 1 saturated carbocycles. The predicted molar refractivity (Wildman–Crippen MR) is 96.2 cm³/mol. The van der Waals surface area contributed by atoms with Gasteiger partial charge in [0.25, 0.3) is 0 Å². The number of benzene rings is 2. The van der Waals surface area contributed by atoms with Gasteiger partial charge in [-0.05, 0) is 29.8 Å². The summed E-state index contributed by atoms with van der Waals surface area (Å²) in [5.74, 6) is -1.82. The fourth-order valence-electron chi connectivity index (χ4n) is 3.49. The van der Waals surface area contributed by atoms with Crippen molar-refractivity contribution in [3.8, 4) is 0 Å². The molecule has 7 heteroatoms. The highest BCUT2D eigenvalue weighted by Gasteiger charge is 2.76. The minimum atomic E-state index is -3.82. The van der Waals surface area contributed by atoms with Crippen molar-refractivity contribution in [2.24, 2.45) is 5.41 Å². The Kier molecular flexibility index (Phi) is 4.74. The zero-order valence-corrected chi connectivity index (χ0v) is 15.8. The van der Waals surface area contributed by atoms with Crippen LogP contribution in [0.5, 0.6) is 0 Å². The molecule has 3 rings (SSSR count). The Morgan fingerprint density at radius 1 is 1.16 bits per heavy atom. The first-order valence-electron chi connectivity index (χ1n) is 7.62. The number of methoxy groups -OCH3 is 1. The van der Waals surface area contributed by atoms with Gasteiger partial charge in [-0.15, -0.1) is 0 Å². The molecule has 0 aromatic heterocycles. The topological polar surface area (TPSA) is 80.7 Å². The molecule has 1 fully saturated rings. The summed E-state index contributed by atoms with van der Waals surface area (Å²) in [6, 6.07) is 15.0. The van der Waals surface area contributed by atoms with Gasteiger partial charge in [-0.2, -0.15) is 0 Å². The maximum atomic E-state index is 13.1. The zero-order valence-electron chi connectivity index (χ0n) is 13.4. The minimum Gasteiger partial charge on any atom is -0.481 e. The molecule has 0 radical (unpaired) electrons. The van der Waals surface area contributed by atoms with Crippen LogP contribution in [0.3, 0.4) is 0 Å². The average molecular weight is 425 g/mol. The molecule has 3 atom stereocenters. The summed E-state index contributed by atoms with van der Waals surface area (Å²) in [5, 5.41) is 8.78. The maximum Gasteiger partial charge on any atom is 0.314 e. The van der Waals surface area contributed by atoms with Crippen molar-refractivity contribution in [1.82, 2.24) is 0 Å². The Morgan fingerprint density at radius 2 is 1.76 bits per heavy atom. The fraction of sp³-hybridized carbons (Fsp3) is 0.278. The van der Waals surface area contributed by atoms with Gasteiger partial charge in [0.2, 0.25) is 0 Å². The van der Waals surface area contributed by atoms with Crippen molar-refractivity contribution < 1.29 is 23.1 Å². The average Bonchev–Trinajstić information content (AvgIpc) is 3.28. The van der Waals surface area contributed by atoms with E-state index in [4.69, 9.17) is 4.74 Å². The molecule has 0 unspecified atom stereocenters. The molecule has 5 nitrogen and oxygen atoms in total. The largest absolute Gasteiger partial charge is 0.481 e. The second kappa shape index (κ2) is 6.55. The lowest BCUT2D eigenvalue weighted by Crippen LogP contribution is -2.28. The van der Waals surface area contributed by atoms with E-state index in [2.05, 4.69) is 15.9 Å². The fourth-order valence-corrected chi connectivity index (χ4v) is 6.13. The number of hydrogen-bond donors (Lipinski definition) is 1. The van der Waals surface area contributed by atoms with Gasteiger partial charge in [0.05, 0.1) is 16.8 Å². The number of sulfone groups is 1. The molecule has 2 aromatic rings. The number of hydrogen-bond acceptors (Lipinski definition) is 4. The lowest BCUT2D eigenvalue weighted by Gasteiger charge is -2.12. The number of halogens is 1. The molecule has 0 spiro atoms. The van der Waals surface area contributed by atoms with E-state index in [0.717, 1.165) is 4.47 Å². The maximum absolute atomic E-state index is 13.1. The number of carboxylic acids is 1. The first kappa shape index (κ1) is 18.1. The van der Waals surface area contributed by atoms with Crippen molar-refractivity contribution in [2.75, 3.05) is 13.7 Å². The number of carbonyl (C=O) groups is 1. The van der Waals surface area contributed by atoms with Gasteiger partial charge in [-0.1, -0.05) is 46.3 Å². The Bertz CT molecular complexity index is 879. The molecule has 2 aromatic carbocycles. The van der Waals surface area contributed by atoms with Crippen LogP contribution in [0.15, 0.2) is 64.0 Å². The summed E-state index contributed by atoms with van der Waals surface area (Å²) in [6.45, 7) is -0.167. The molecule has 0 saturated heterocycles. The number of rotatable bonds is 6. The van der Waals surface area contributed by atoms with Crippen LogP contribution >= 0.6 is 15.9 Å². The third-order valence-corrected chi connectivity index (χ3v) is 7.49. The zero-order chi connectivity index (χ0) is 18.2. The van der Waals surface area contributed by atoms with Gasteiger partial charge < -0.3 is 9.84 Å². The Balaban J connectivity index is 2.12. The molecular formula is C18H17BrO5S. The third-order valence-electron chi connectivity index (χ3n) is 4.67. The van der Waals surface area contributed by atoms with Crippen LogP contribution < -0.4 is 0 Å². The summed E-state index contributed by atoms with van der Waals surface area (Å²) in [6.07, 6.45) is 0. The lowest BCUT2D eigenvalue weighted by atomic mass is 10.0. The van der Waals surface area contributed by atoms with E-state index >= 15 is 0 Å². The van der Waals surface area contributed by atoms with Crippen LogP contribution in [0.25, 0.3) is 0 Å². The van der Waals surface area contributed by atoms with Gasteiger partial charge in [0.1, 0.15) is 5.41 Å². The van der Waals surface area contributed by atoms with Crippen LogP contribution in [0.2, 0.25) is 0 Å². The summed E-state index contributed by atoms with van der Waals surface area (Å²) in [7, 11) is -2.44. The van der Waals surface area contributed by atoms with Crippen molar-refractivity contribution in [3.63, 3.8) is 0 Å². The molecule has 1 aliphatic rings.